The Morgan fingerprint density at radius 2 is 2.07 bits per heavy atom. The zero-order valence-electron chi connectivity index (χ0n) is 7.50. The molecule has 0 saturated heterocycles. The Kier molecular flexibility index (Phi) is 2.81. The number of nitrogens with zero attached hydrogens (tertiary/aromatic N) is 1. The van der Waals surface area contributed by atoms with E-state index in [1.54, 1.807) is 18.2 Å². The van der Waals surface area contributed by atoms with E-state index in [0.717, 1.165) is 10.0 Å². The molecule has 0 fully saturated rings. The second-order valence-electron chi connectivity index (χ2n) is 2.90. The van der Waals surface area contributed by atoms with E-state index in [9.17, 15) is 0 Å². The molecule has 0 bridgehead atoms. The molecule has 0 atom stereocenters. The summed E-state index contributed by atoms with van der Waals surface area (Å²) in [5.74, 6) is 0.935. The summed E-state index contributed by atoms with van der Waals surface area (Å²) in [5.41, 5.74) is 0.852. The summed E-state index contributed by atoms with van der Waals surface area (Å²) in [6.07, 6.45) is 0. The first kappa shape index (κ1) is 10.3. The summed E-state index contributed by atoms with van der Waals surface area (Å²) in [7, 11) is 0. The monoisotopic (exact) mass is 281 g/mol. The zero-order chi connectivity index (χ0) is 10.8. The van der Waals surface area contributed by atoms with Gasteiger partial charge in [0.05, 0.1) is 5.02 Å². The highest BCUT2D eigenvalue weighted by Crippen LogP contribution is 2.29. The van der Waals surface area contributed by atoms with Gasteiger partial charge >= 0.3 is 0 Å². The van der Waals surface area contributed by atoms with Gasteiger partial charge in [-0.3, -0.25) is 0 Å². The van der Waals surface area contributed by atoms with Crippen LogP contribution in [-0.4, -0.2) is 0 Å². The van der Waals surface area contributed by atoms with Crippen molar-refractivity contribution < 1.29 is 4.42 Å². The van der Waals surface area contributed by atoms with Crippen LogP contribution in [0.1, 0.15) is 5.76 Å². The van der Waals surface area contributed by atoms with Crippen molar-refractivity contribution in [3.8, 4) is 17.4 Å². The molecule has 0 saturated carbocycles. The van der Waals surface area contributed by atoms with E-state index in [4.69, 9.17) is 21.3 Å². The maximum atomic E-state index is 8.62. The van der Waals surface area contributed by atoms with Crippen molar-refractivity contribution in [3.63, 3.8) is 0 Å². The predicted octanol–water partition coefficient (Wildman–Crippen LogP) is 4.23. The van der Waals surface area contributed by atoms with Gasteiger partial charge in [0, 0.05) is 10.0 Å². The molecule has 0 radical (unpaired) electrons. The van der Waals surface area contributed by atoms with Crippen molar-refractivity contribution in [1.82, 2.24) is 0 Å². The highest BCUT2D eigenvalue weighted by Gasteiger charge is 2.06. The summed E-state index contributed by atoms with van der Waals surface area (Å²) >= 11 is 9.26. The Bertz CT molecular complexity index is 542. The lowest BCUT2D eigenvalue weighted by atomic mass is 10.2. The number of nitriles is 1. The summed E-state index contributed by atoms with van der Waals surface area (Å²) < 4.78 is 6.11. The van der Waals surface area contributed by atoms with E-state index < -0.39 is 0 Å². The van der Waals surface area contributed by atoms with Crippen LogP contribution < -0.4 is 0 Å². The van der Waals surface area contributed by atoms with Gasteiger partial charge in [0.25, 0.3) is 0 Å². The van der Waals surface area contributed by atoms with Crippen LogP contribution in [0, 0.1) is 11.3 Å². The molecule has 2 aromatic rings. The van der Waals surface area contributed by atoms with Crippen molar-refractivity contribution >= 4 is 27.5 Å². The van der Waals surface area contributed by atoms with Crippen LogP contribution in [-0.2, 0) is 0 Å². The average Bonchev–Trinajstić information content (AvgIpc) is 2.70. The largest absolute Gasteiger partial charge is 0.446 e. The number of halogens is 2. The van der Waals surface area contributed by atoms with Crippen LogP contribution >= 0.6 is 27.5 Å². The zero-order valence-corrected chi connectivity index (χ0v) is 9.84. The lowest BCUT2D eigenvalue weighted by Gasteiger charge is -1.99. The van der Waals surface area contributed by atoms with E-state index in [0.29, 0.717) is 16.5 Å². The van der Waals surface area contributed by atoms with Crippen LogP contribution in [0.25, 0.3) is 11.3 Å². The molecule has 0 aliphatic rings. The minimum Gasteiger partial charge on any atom is -0.446 e. The first-order valence-corrected chi connectivity index (χ1v) is 5.33. The van der Waals surface area contributed by atoms with Gasteiger partial charge in [-0.2, -0.15) is 5.26 Å². The fourth-order valence-corrected chi connectivity index (χ4v) is 1.63. The molecule has 1 aromatic heterocycles. The van der Waals surface area contributed by atoms with Crippen molar-refractivity contribution in [2.45, 2.75) is 0 Å². The Hall–Kier alpha value is -1.24. The molecule has 2 rings (SSSR count). The van der Waals surface area contributed by atoms with Crippen LogP contribution in [0.5, 0.6) is 0 Å². The number of hydrogen-bond donors (Lipinski definition) is 0. The van der Waals surface area contributed by atoms with Gasteiger partial charge in [-0.25, -0.2) is 0 Å². The number of rotatable bonds is 1. The van der Waals surface area contributed by atoms with Gasteiger partial charge < -0.3 is 4.42 Å². The molecule has 0 N–H and O–H groups in total. The van der Waals surface area contributed by atoms with Crippen LogP contribution in [0.3, 0.4) is 0 Å². The summed E-state index contributed by atoms with van der Waals surface area (Å²) in [6, 6.07) is 10.8. The first-order valence-electron chi connectivity index (χ1n) is 4.16. The van der Waals surface area contributed by atoms with E-state index in [2.05, 4.69) is 15.9 Å². The minimum atomic E-state index is 0.295. The Balaban J connectivity index is 2.46. The molecule has 0 aliphatic carbocycles. The summed E-state index contributed by atoms with van der Waals surface area (Å²) in [4.78, 5) is 0. The normalized spacial score (nSPS) is 9.93. The van der Waals surface area contributed by atoms with Crippen molar-refractivity contribution in [2.24, 2.45) is 0 Å². The second-order valence-corrected chi connectivity index (χ2v) is 4.17. The average molecular weight is 283 g/mol. The molecule has 2 nitrogen and oxygen atoms in total. The molecule has 0 unspecified atom stereocenters. The van der Waals surface area contributed by atoms with Crippen molar-refractivity contribution in [1.29, 1.82) is 5.26 Å². The molecule has 0 spiro atoms. The Labute approximate surface area is 100 Å². The van der Waals surface area contributed by atoms with Gasteiger partial charge in [-0.15, -0.1) is 0 Å². The predicted molar refractivity (Wildman–Crippen MR) is 61.6 cm³/mol. The van der Waals surface area contributed by atoms with Crippen molar-refractivity contribution in [2.75, 3.05) is 0 Å². The third kappa shape index (κ3) is 2.06. The minimum absolute atomic E-state index is 0.295. The maximum absolute atomic E-state index is 8.62. The molecular weight excluding hydrogens is 277 g/mol. The maximum Gasteiger partial charge on any atom is 0.204 e. The van der Waals surface area contributed by atoms with Crippen LogP contribution in [0.4, 0.5) is 0 Å². The van der Waals surface area contributed by atoms with E-state index in [-0.39, 0.29) is 0 Å². The molecule has 0 amide bonds. The van der Waals surface area contributed by atoms with Crippen LogP contribution in [0.2, 0.25) is 5.02 Å². The van der Waals surface area contributed by atoms with Gasteiger partial charge in [-0.1, -0.05) is 17.7 Å². The number of benzene rings is 1. The highest BCUT2D eigenvalue weighted by atomic mass is 79.9. The van der Waals surface area contributed by atoms with E-state index in [1.807, 2.05) is 18.2 Å². The fraction of sp³-hybridized carbons (Fsp3) is 0. The molecular formula is C11H5BrClNO. The Morgan fingerprint density at radius 3 is 2.67 bits per heavy atom. The molecule has 15 heavy (non-hydrogen) atoms. The lowest BCUT2D eigenvalue weighted by Crippen LogP contribution is -1.75. The standard InChI is InChI=1S/C11H5BrClNO/c12-9-3-1-7(5-10(9)13)11-4-2-8(6-14)15-11/h1-5H. The van der Waals surface area contributed by atoms with E-state index in [1.165, 1.54) is 0 Å². The summed E-state index contributed by atoms with van der Waals surface area (Å²) in [5, 5.41) is 9.23. The molecule has 0 aliphatic heterocycles. The fourth-order valence-electron chi connectivity index (χ4n) is 1.20. The number of hydrogen-bond acceptors (Lipinski definition) is 2. The quantitative estimate of drug-likeness (QED) is 0.784. The van der Waals surface area contributed by atoms with Gasteiger partial charge in [0.15, 0.2) is 0 Å². The Morgan fingerprint density at radius 1 is 1.27 bits per heavy atom. The van der Waals surface area contributed by atoms with Gasteiger partial charge in [-0.05, 0) is 40.2 Å². The van der Waals surface area contributed by atoms with Gasteiger partial charge in [0.1, 0.15) is 11.8 Å². The molecule has 1 aromatic carbocycles. The van der Waals surface area contributed by atoms with Crippen LogP contribution in [0.15, 0.2) is 39.2 Å². The third-order valence-corrected chi connectivity index (χ3v) is 3.15. The first-order chi connectivity index (χ1) is 7.20. The SMILES string of the molecule is N#Cc1ccc(-c2ccc(Br)c(Cl)c2)o1. The topological polar surface area (TPSA) is 36.9 Å². The smallest absolute Gasteiger partial charge is 0.204 e. The molecule has 4 heteroatoms. The lowest BCUT2D eigenvalue weighted by molar-refractivity contribution is 0.567. The molecule has 1 heterocycles. The second kappa shape index (κ2) is 4.09. The highest BCUT2D eigenvalue weighted by molar-refractivity contribution is 9.10. The van der Waals surface area contributed by atoms with Crippen molar-refractivity contribution in [3.05, 3.63) is 45.6 Å². The summed E-state index contributed by atoms with van der Waals surface area (Å²) in [6.45, 7) is 0. The number of furan rings is 1. The third-order valence-electron chi connectivity index (χ3n) is 1.92. The van der Waals surface area contributed by atoms with Gasteiger partial charge in [0.2, 0.25) is 5.76 Å². The molecule has 74 valence electrons. The van der Waals surface area contributed by atoms with E-state index >= 15 is 0 Å².